The van der Waals surface area contributed by atoms with Crippen molar-refractivity contribution >= 4 is 15.9 Å². The Kier molecular flexibility index (Phi) is 6.71. The van der Waals surface area contributed by atoms with E-state index < -0.39 is 0 Å². The number of hydrogen-bond donors (Lipinski definition) is 1. The summed E-state index contributed by atoms with van der Waals surface area (Å²) in [6.07, 6.45) is 5.14. The Balaban J connectivity index is 2.47. The summed E-state index contributed by atoms with van der Waals surface area (Å²) in [5, 5.41) is 3.27. The fourth-order valence-corrected chi connectivity index (χ4v) is 1.84. The molecule has 0 fully saturated rings. The maximum absolute atomic E-state index is 5.36. The van der Waals surface area contributed by atoms with Gasteiger partial charge in [0.25, 0.3) is 0 Å². The van der Waals surface area contributed by atoms with E-state index in [0.717, 1.165) is 23.3 Å². The maximum Gasteiger partial charge on any atom is 0.148 e. The van der Waals surface area contributed by atoms with Crippen molar-refractivity contribution in [2.75, 3.05) is 26.9 Å². The molecular formula is C13H16BrNO2. The highest BCUT2D eigenvalue weighted by molar-refractivity contribution is 9.10. The van der Waals surface area contributed by atoms with Crippen molar-refractivity contribution in [2.24, 2.45) is 0 Å². The largest absolute Gasteiger partial charge is 0.480 e. The quantitative estimate of drug-likeness (QED) is 0.618. The molecule has 0 radical (unpaired) electrons. The molecule has 3 nitrogen and oxygen atoms in total. The van der Waals surface area contributed by atoms with Crippen LogP contribution in [-0.4, -0.2) is 26.9 Å². The second-order valence-electron chi connectivity index (χ2n) is 3.43. The van der Waals surface area contributed by atoms with Gasteiger partial charge in [-0.05, 0) is 33.6 Å². The number of hydrogen-bond acceptors (Lipinski definition) is 3. The zero-order valence-corrected chi connectivity index (χ0v) is 11.4. The van der Waals surface area contributed by atoms with E-state index in [2.05, 4.69) is 27.2 Å². The van der Waals surface area contributed by atoms with Crippen molar-refractivity contribution in [3.8, 4) is 18.1 Å². The van der Waals surface area contributed by atoms with Crippen molar-refractivity contribution in [1.29, 1.82) is 0 Å². The van der Waals surface area contributed by atoms with Crippen molar-refractivity contribution in [1.82, 2.24) is 5.32 Å². The van der Waals surface area contributed by atoms with E-state index in [4.69, 9.17) is 15.9 Å². The topological polar surface area (TPSA) is 30.5 Å². The van der Waals surface area contributed by atoms with Crippen LogP contribution in [0.1, 0.15) is 5.56 Å². The lowest BCUT2D eigenvalue weighted by molar-refractivity contribution is 0.199. The molecule has 0 aliphatic heterocycles. The molecule has 0 unspecified atom stereocenters. The molecule has 1 rings (SSSR count). The number of benzene rings is 1. The number of terminal acetylenes is 1. The average Bonchev–Trinajstić information content (AvgIpc) is 2.34. The monoisotopic (exact) mass is 297 g/mol. The number of ether oxygens (including phenoxy) is 2. The zero-order valence-electron chi connectivity index (χ0n) is 9.83. The minimum Gasteiger partial charge on any atom is -0.480 e. The number of nitrogens with one attached hydrogen (secondary N) is 1. The second-order valence-corrected chi connectivity index (χ2v) is 4.28. The molecule has 17 heavy (non-hydrogen) atoms. The Morgan fingerprint density at radius 1 is 1.47 bits per heavy atom. The summed E-state index contributed by atoms with van der Waals surface area (Å²) < 4.78 is 11.2. The maximum atomic E-state index is 5.36. The summed E-state index contributed by atoms with van der Waals surface area (Å²) in [7, 11) is 1.69. The minimum atomic E-state index is 0.282. The van der Waals surface area contributed by atoms with Gasteiger partial charge in [0.2, 0.25) is 0 Å². The molecule has 0 amide bonds. The van der Waals surface area contributed by atoms with Gasteiger partial charge in [-0.3, -0.25) is 0 Å². The van der Waals surface area contributed by atoms with E-state index >= 15 is 0 Å². The highest BCUT2D eigenvalue weighted by Crippen LogP contribution is 2.25. The molecule has 1 aromatic rings. The van der Waals surface area contributed by atoms with Gasteiger partial charge in [-0.15, -0.1) is 6.42 Å². The van der Waals surface area contributed by atoms with Crippen molar-refractivity contribution in [3.05, 3.63) is 28.2 Å². The summed E-state index contributed by atoms with van der Waals surface area (Å²) in [5.74, 6) is 3.20. The summed E-state index contributed by atoms with van der Waals surface area (Å²) in [6.45, 7) is 2.63. The Morgan fingerprint density at radius 2 is 2.29 bits per heavy atom. The number of methoxy groups -OCH3 is 1. The lowest BCUT2D eigenvalue weighted by Gasteiger charge is -2.08. The Bertz CT molecular complexity index is 387. The van der Waals surface area contributed by atoms with Gasteiger partial charge in [0.1, 0.15) is 12.4 Å². The highest BCUT2D eigenvalue weighted by atomic mass is 79.9. The Hall–Kier alpha value is -1.02. The van der Waals surface area contributed by atoms with E-state index in [1.807, 2.05) is 18.2 Å². The van der Waals surface area contributed by atoms with Gasteiger partial charge >= 0.3 is 0 Å². The SMILES string of the molecule is C#CCOc1ccc(CNCCOC)cc1Br. The molecule has 0 heterocycles. The standard InChI is InChI=1S/C13H16BrNO2/c1-3-7-17-13-5-4-11(9-12(13)14)10-15-6-8-16-2/h1,4-5,9,15H,6-8,10H2,2H3. The van der Waals surface area contributed by atoms with Gasteiger partial charge < -0.3 is 14.8 Å². The molecule has 1 aromatic carbocycles. The molecule has 0 aliphatic rings. The third kappa shape index (κ3) is 5.22. The molecule has 0 atom stereocenters. The third-order valence-corrected chi connectivity index (χ3v) is 2.74. The van der Waals surface area contributed by atoms with Crippen LogP contribution in [0.3, 0.4) is 0 Å². The van der Waals surface area contributed by atoms with Crippen LogP contribution < -0.4 is 10.1 Å². The average molecular weight is 298 g/mol. The molecule has 0 spiro atoms. The Labute approximate surface area is 111 Å². The van der Waals surface area contributed by atoms with Gasteiger partial charge in [0, 0.05) is 20.2 Å². The van der Waals surface area contributed by atoms with Crippen molar-refractivity contribution in [3.63, 3.8) is 0 Å². The summed E-state index contributed by atoms with van der Waals surface area (Å²) in [6, 6.07) is 5.94. The smallest absolute Gasteiger partial charge is 0.148 e. The molecule has 1 N–H and O–H groups in total. The summed E-state index contributed by atoms with van der Waals surface area (Å²) in [5.41, 5.74) is 1.18. The normalized spacial score (nSPS) is 9.94. The minimum absolute atomic E-state index is 0.282. The lowest BCUT2D eigenvalue weighted by Crippen LogP contribution is -2.18. The van der Waals surface area contributed by atoms with Crippen molar-refractivity contribution in [2.45, 2.75) is 6.54 Å². The van der Waals surface area contributed by atoms with Gasteiger partial charge in [0.15, 0.2) is 0 Å². The van der Waals surface area contributed by atoms with Gasteiger partial charge in [-0.2, -0.15) is 0 Å². The van der Waals surface area contributed by atoms with Gasteiger partial charge in [-0.1, -0.05) is 12.0 Å². The second kappa shape index (κ2) is 8.13. The van der Waals surface area contributed by atoms with Crippen LogP contribution in [0.15, 0.2) is 22.7 Å². The third-order valence-electron chi connectivity index (χ3n) is 2.12. The lowest BCUT2D eigenvalue weighted by atomic mass is 10.2. The van der Waals surface area contributed by atoms with Crippen LogP contribution >= 0.6 is 15.9 Å². The van der Waals surface area contributed by atoms with Crippen LogP contribution in [-0.2, 0) is 11.3 Å². The number of halogens is 1. The Morgan fingerprint density at radius 3 is 2.94 bits per heavy atom. The fourth-order valence-electron chi connectivity index (χ4n) is 1.30. The van der Waals surface area contributed by atoms with Crippen LogP contribution in [0.25, 0.3) is 0 Å². The van der Waals surface area contributed by atoms with E-state index in [1.54, 1.807) is 7.11 Å². The van der Waals surface area contributed by atoms with E-state index in [9.17, 15) is 0 Å². The van der Waals surface area contributed by atoms with Crippen LogP contribution in [0.2, 0.25) is 0 Å². The van der Waals surface area contributed by atoms with Crippen LogP contribution in [0.4, 0.5) is 0 Å². The number of rotatable bonds is 7. The summed E-state index contributed by atoms with van der Waals surface area (Å²) in [4.78, 5) is 0. The van der Waals surface area contributed by atoms with E-state index in [0.29, 0.717) is 6.61 Å². The zero-order chi connectivity index (χ0) is 12.5. The van der Waals surface area contributed by atoms with E-state index in [-0.39, 0.29) is 6.61 Å². The van der Waals surface area contributed by atoms with Crippen LogP contribution in [0, 0.1) is 12.3 Å². The molecule has 0 aromatic heterocycles. The molecule has 0 saturated carbocycles. The molecule has 0 bridgehead atoms. The first kappa shape index (κ1) is 14.0. The predicted octanol–water partition coefficient (Wildman–Crippen LogP) is 2.20. The fraction of sp³-hybridized carbons (Fsp3) is 0.385. The van der Waals surface area contributed by atoms with Gasteiger partial charge in [0.05, 0.1) is 11.1 Å². The predicted molar refractivity (Wildman–Crippen MR) is 72.1 cm³/mol. The first-order valence-corrected chi connectivity index (χ1v) is 6.11. The molecular weight excluding hydrogens is 282 g/mol. The highest BCUT2D eigenvalue weighted by Gasteiger charge is 2.02. The van der Waals surface area contributed by atoms with Gasteiger partial charge in [-0.25, -0.2) is 0 Å². The first-order valence-electron chi connectivity index (χ1n) is 5.32. The molecule has 0 aliphatic carbocycles. The molecule has 0 saturated heterocycles. The molecule has 4 heteroatoms. The summed E-state index contributed by atoms with van der Waals surface area (Å²) >= 11 is 3.45. The van der Waals surface area contributed by atoms with Crippen molar-refractivity contribution < 1.29 is 9.47 Å². The van der Waals surface area contributed by atoms with E-state index in [1.165, 1.54) is 5.56 Å². The first-order chi connectivity index (χ1) is 8.27. The molecule has 92 valence electrons. The van der Waals surface area contributed by atoms with Crippen LogP contribution in [0.5, 0.6) is 5.75 Å².